The van der Waals surface area contributed by atoms with E-state index in [4.69, 9.17) is 5.11 Å². The van der Waals surface area contributed by atoms with Gasteiger partial charge in [-0.2, -0.15) is 0 Å². The maximum Gasteiger partial charge on any atom is 0.573 e. The van der Waals surface area contributed by atoms with Crippen molar-refractivity contribution in [3.8, 4) is 5.75 Å². The Labute approximate surface area is 117 Å². The fourth-order valence-corrected chi connectivity index (χ4v) is 2.13. The molecule has 0 saturated carbocycles. The number of hydrogen-bond donors (Lipinski definition) is 1. The lowest BCUT2D eigenvalue weighted by Gasteiger charge is -2.16. The number of benzene rings is 1. The highest BCUT2D eigenvalue weighted by molar-refractivity contribution is 5.94. The van der Waals surface area contributed by atoms with E-state index in [1.165, 1.54) is 17.0 Å². The highest BCUT2D eigenvalue weighted by atomic mass is 19.4. The van der Waals surface area contributed by atoms with Gasteiger partial charge in [-0.3, -0.25) is 9.59 Å². The molecule has 1 atom stereocenters. The Bertz CT molecular complexity index is 541. The average Bonchev–Trinajstić information content (AvgIpc) is 2.86. The van der Waals surface area contributed by atoms with Gasteiger partial charge in [0.05, 0.1) is 5.92 Å². The summed E-state index contributed by atoms with van der Waals surface area (Å²) < 4.78 is 39.7. The van der Waals surface area contributed by atoms with Crippen molar-refractivity contribution in [3.63, 3.8) is 0 Å². The van der Waals surface area contributed by atoms with E-state index in [-0.39, 0.29) is 12.1 Å². The highest BCUT2D eigenvalue weighted by Gasteiger charge is 2.32. The topological polar surface area (TPSA) is 66.8 Å². The highest BCUT2D eigenvalue weighted by Crippen LogP contribution is 2.24. The van der Waals surface area contributed by atoms with Gasteiger partial charge in [0, 0.05) is 18.7 Å². The van der Waals surface area contributed by atoms with Gasteiger partial charge in [-0.05, 0) is 30.7 Å². The van der Waals surface area contributed by atoms with Crippen LogP contribution in [0.4, 0.5) is 13.2 Å². The molecule has 0 unspecified atom stereocenters. The first-order valence-corrected chi connectivity index (χ1v) is 6.14. The van der Waals surface area contributed by atoms with Gasteiger partial charge in [-0.25, -0.2) is 0 Å². The van der Waals surface area contributed by atoms with Gasteiger partial charge in [0.15, 0.2) is 0 Å². The summed E-state index contributed by atoms with van der Waals surface area (Å²) in [6.45, 7) is 0.422. The molecule has 1 aliphatic heterocycles. The maximum absolute atomic E-state index is 12.1. The number of ether oxygens (including phenoxy) is 1. The third-order valence-electron chi connectivity index (χ3n) is 3.16. The molecule has 1 aromatic rings. The molecular formula is C13H12F3NO4. The third-order valence-corrected chi connectivity index (χ3v) is 3.16. The van der Waals surface area contributed by atoms with Gasteiger partial charge in [-0.15, -0.1) is 13.2 Å². The molecule has 1 aliphatic rings. The molecule has 1 heterocycles. The molecule has 2 rings (SSSR count). The fourth-order valence-electron chi connectivity index (χ4n) is 2.13. The largest absolute Gasteiger partial charge is 0.573 e. The van der Waals surface area contributed by atoms with Gasteiger partial charge in [0.2, 0.25) is 0 Å². The monoisotopic (exact) mass is 303 g/mol. The van der Waals surface area contributed by atoms with Crippen LogP contribution in [0.15, 0.2) is 24.3 Å². The number of halogens is 3. The summed E-state index contributed by atoms with van der Waals surface area (Å²) in [5, 5.41) is 8.87. The number of amides is 1. The Hall–Kier alpha value is -2.25. The standard InChI is InChI=1S/C13H12F3NO4/c14-13(15,16)21-10-3-1-8(2-4-10)11(18)17-6-5-9(7-17)12(19)20/h1-4,9H,5-7H2,(H,19,20)/t9-/m1/s1. The number of rotatable bonds is 3. The Morgan fingerprint density at radius 1 is 1.24 bits per heavy atom. The van der Waals surface area contributed by atoms with Crippen LogP contribution in [0.5, 0.6) is 5.75 Å². The number of carbonyl (C=O) groups excluding carboxylic acids is 1. The molecule has 0 aromatic heterocycles. The lowest BCUT2D eigenvalue weighted by molar-refractivity contribution is -0.274. The number of carboxylic acids is 1. The van der Waals surface area contributed by atoms with Crippen molar-refractivity contribution in [2.45, 2.75) is 12.8 Å². The van der Waals surface area contributed by atoms with Crippen LogP contribution in [-0.2, 0) is 4.79 Å². The predicted octanol–water partition coefficient (Wildman–Crippen LogP) is 2.13. The quantitative estimate of drug-likeness (QED) is 0.929. The summed E-state index contributed by atoms with van der Waals surface area (Å²) in [6.07, 6.45) is -4.41. The number of aliphatic carboxylic acids is 1. The van der Waals surface area contributed by atoms with E-state index < -0.39 is 29.9 Å². The van der Waals surface area contributed by atoms with E-state index in [9.17, 15) is 22.8 Å². The number of carboxylic acid groups (broad SMARTS) is 1. The second kappa shape index (κ2) is 5.63. The van der Waals surface area contributed by atoms with Crippen molar-refractivity contribution in [1.82, 2.24) is 4.90 Å². The van der Waals surface area contributed by atoms with E-state index in [1.807, 2.05) is 0 Å². The van der Waals surface area contributed by atoms with Gasteiger partial charge < -0.3 is 14.7 Å². The minimum atomic E-state index is -4.78. The Kier molecular flexibility index (Phi) is 4.06. The SMILES string of the molecule is O=C(O)[C@@H]1CCN(C(=O)c2ccc(OC(F)(F)F)cc2)C1. The number of likely N-dealkylation sites (tertiary alicyclic amines) is 1. The van der Waals surface area contributed by atoms with Crippen molar-refractivity contribution in [2.24, 2.45) is 5.92 Å². The lowest BCUT2D eigenvalue weighted by atomic mass is 10.1. The molecule has 0 bridgehead atoms. The number of carbonyl (C=O) groups is 2. The summed E-state index contributed by atoms with van der Waals surface area (Å²) in [7, 11) is 0. The third kappa shape index (κ3) is 3.87. The Balaban J connectivity index is 2.02. The minimum absolute atomic E-state index is 0.106. The van der Waals surface area contributed by atoms with Gasteiger partial charge in [0.1, 0.15) is 5.75 Å². The van der Waals surface area contributed by atoms with E-state index >= 15 is 0 Å². The van der Waals surface area contributed by atoms with Crippen LogP contribution in [0, 0.1) is 5.92 Å². The maximum atomic E-state index is 12.1. The predicted molar refractivity (Wildman–Crippen MR) is 64.8 cm³/mol. The first-order chi connectivity index (χ1) is 9.76. The van der Waals surface area contributed by atoms with Crippen LogP contribution in [0.1, 0.15) is 16.8 Å². The van der Waals surface area contributed by atoms with Crippen molar-refractivity contribution in [3.05, 3.63) is 29.8 Å². The van der Waals surface area contributed by atoms with Gasteiger partial charge >= 0.3 is 12.3 Å². The summed E-state index contributed by atoms with van der Waals surface area (Å²) in [5.74, 6) is -2.37. The van der Waals surface area contributed by atoms with Crippen molar-refractivity contribution >= 4 is 11.9 Å². The normalized spacial score (nSPS) is 18.6. The van der Waals surface area contributed by atoms with Crippen LogP contribution in [0.3, 0.4) is 0 Å². The molecule has 21 heavy (non-hydrogen) atoms. The van der Waals surface area contributed by atoms with E-state index in [2.05, 4.69) is 4.74 Å². The molecule has 5 nitrogen and oxygen atoms in total. The van der Waals surface area contributed by atoms with Crippen molar-refractivity contribution < 1.29 is 32.6 Å². The van der Waals surface area contributed by atoms with E-state index in [0.29, 0.717) is 13.0 Å². The summed E-state index contributed by atoms with van der Waals surface area (Å²) in [5.41, 5.74) is 0.190. The average molecular weight is 303 g/mol. The van der Waals surface area contributed by atoms with E-state index in [1.54, 1.807) is 0 Å². The molecule has 1 saturated heterocycles. The Morgan fingerprint density at radius 3 is 2.33 bits per heavy atom. The molecule has 0 spiro atoms. The first kappa shape index (κ1) is 15.1. The van der Waals surface area contributed by atoms with Crippen molar-refractivity contribution in [2.75, 3.05) is 13.1 Å². The van der Waals surface area contributed by atoms with Crippen molar-refractivity contribution in [1.29, 1.82) is 0 Å². The van der Waals surface area contributed by atoms with Crippen LogP contribution >= 0.6 is 0 Å². The molecule has 0 aliphatic carbocycles. The zero-order valence-electron chi connectivity index (χ0n) is 10.8. The molecular weight excluding hydrogens is 291 g/mol. The first-order valence-electron chi connectivity index (χ1n) is 6.14. The van der Waals surface area contributed by atoms with Crippen LogP contribution in [-0.4, -0.2) is 41.3 Å². The molecule has 8 heteroatoms. The zero-order valence-corrected chi connectivity index (χ0v) is 10.8. The number of hydrogen-bond acceptors (Lipinski definition) is 3. The second-order valence-corrected chi connectivity index (χ2v) is 4.65. The molecule has 1 aromatic carbocycles. The van der Waals surface area contributed by atoms with Crippen LogP contribution in [0.25, 0.3) is 0 Å². The molecule has 1 amide bonds. The Morgan fingerprint density at radius 2 is 1.86 bits per heavy atom. The molecule has 1 fully saturated rings. The van der Waals surface area contributed by atoms with Gasteiger partial charge in [0.25, 0.3) is 5.91 Å². The fraction of sp³-hybridized carbons (Fsp3) is 0.385. The summed E-state index contributed by atoms with van der Waals surface area (Å²) >= 11 is 0. The summed E-state index contributed by atoms with van der Waals surface area (Å²) in [4.78, 5) is 24.3. The summed E-state index contributed by atoms with van der Waals surface area (Å²) in [6, 6.07) is 4.53. The number of nitrogens with zero attached hydrogens (tertiary/aromatic N) is 1. The molecule has 1 N–H and O–H groups in total. The second-order valence-electron chi connectivity index (χ2n) is 4.65. The minimum Gasteiger partial charge on any atom is -0.481 e. The van der Waals surface area contributed by atoms with Gasteiger partial charge in [-0.1, -0.05) is 0 Å². The van der Waals surface area contributed by atoms with E-state index in [0.717, 1.165) is 12.1 Å². The zero-order chi connectivity index (χ0) is 15.6. The van der Waals surface area contributed by atoms with Crippen LogP contribution < -0.4 is 4.74 Å². The lowest BCUT2D eigenvalue weighted by Crippen LogP contribution is -2.29. The molecule has 0 radical (unpaired) electrons. The molecule has 114 valence electrons. The smallest absolute Gasteiger partial charge is 0.481 e. The van der Waals surface area contributed by atoms with Crippen LogP contribution in [0.2, 0.25) is 0 Å². The number of alkyl halides is 3.